The molecule has 0 aliphatic carbocycles. The summed E-state index contributed by atoms with van der Waals surface area (Å²) in [6.45, 7) is 0.434. The summed E-state index contributed by atoms with van der Waals surface area (Å²) in [5, 5.41) is 18.8. The topological polar surface area (TPSA) is 149 Å². The third kappa shape index (κ3) is 6.63. The normalized spacial score (nSPS) is 12.2. The Morgan fingerprint density at radius 1 is 1.09 bits per heavy atom. The molecule has 0 saturated heterocycles. The SMILES string of the molecule is NS(=O)(=O)c1ccc(C(=O)N[C@@H](c2ccccc2)c2cnnn2CC(=O)NCCCS)cc1. The number of carbonyl (C=O) groups excluding carboxylic acids is 2. The molecule has 3 aromatic rings. The summed E-state index contributed by atoms with van der Waals surface area (Å²) >= 11 is 4.12. The van der Waals surface area contributed by atoms with E-state index in [-0.39, 0.29) is 22.9 Å². The number of nitrogens with two attached hydrogens (primary N) is 1. The van der Waals surface area contributed by atoms with Crippen molar-refractivity contribution in [3.63, 3.8) is 0 Å². The van der Waals surface area contributed by atoms with Gasteiger partial charge in [-0.05, 0) is 42.0 Å². The highest BCUT2D eigenvalue weighted by molar-refractivity contribution is 7.89. The van der Waals surface area contributed by atoms with Crippen LogP contribution in [0.4, 0.5) is 0 Å². The second kappa shape index (κ2) is 11.1. The fourth-order valence-electron chi connectivity index (χ4n) is 3.09. The zero-order chi connectivity index (χ0) is 23.8. The number of rotatable bonds is 10. The molecule has 10 nitrogen and oxygen atoms in total. The van der Waals surface area contributed by atoms with Crippen molar-refractivity contribution in [3.8, 4) is 0 Å². The van der Waals surface area contributed by atoms with Crippen LogP contribution < -0.4 is 15.8 Å². The van der Waals surface area contributed by atoms with Crippen LogP contribution >= 0.6 is 12.6 Å². The Balaban J connectivity index is 1.85. The lowest BCUT2D eigenvalue weighted by Crippen LogP contribution is -2.33. The van der Waals surface area contributed by atoms with E-state index in [1.807, 2.05) is 30.3 Å². The highest BCUT2D eigenvalue weighted by Gasteiger charge is 2.23. The van der Waals surface area contributed by atoms with E-state index in [1.54, 1.807) is 0 Å². The maximum atomic E-state index is 13.0. The molecular formula is C21H24N6O4S2. The van der Waals surface area contributed by atoms with Crippen molar-refractivity contribution >= 4 is 34.5 Å². The minimum absolute atomic E-state index is 0.0653. The molecule has 2 amide bonds. The van der Waals surface area contributed by atoms with E-state index in [0.717, 1.165) is 12.0 Å². The van der Waals surface area contributed by atoms with Crippen molar-refractivity contribution in [1.82, 2.24) is 25.6 Å². The van der Waals surface area contributed by atoms with Gasteiger partial charge in [-0.25, -0.2) is 18.2 Å². The number of amides is 2. The maximum absolute atomic E-state index is 13.0. The minimum atomic E-state index is -3.87. The molecule has 0 aliphatic rings. The quantitative estimate of drug-likeness (QED) is 0.246. The number of benzene rings is 2. The summed E-state index contributed by atoms with van der Waals surface area (Å²) < 4.78 is 24.4. The first-order chi connectivity index (χ1) is 15.8. The molecule has 0 aliphatic heterocycles. The van der Waals surface area contributed by atoms with E-state index in [2.05, 4.69) is 33.6 Å². The lowest BCUT2D eigenvalue weighted by Gasteiger charge is -2.20. The van der Waals surface area contributed by atoms with E-state index in [9.17, 15) is 18.0 Å². The van der Waals surface area contributed by atoms with Gasteiger partial charge in [-0.15, -0.1) is 5.10 Å². The lowest BCUT2D eigenvalue weighted by atomic mass is 10.0. The van der Waals surface area contributed by atoms with Gasteiger partial charge in [0.05, 0.1) is 22.8 Å². The molecule has 0 unspecified atom stereocenters. The molecule has 0 saturated carbocycles. The molecule has 1 atom stereocenters. The van der Waals surface area contributed by atoms with Gasteiger partial charge in [-0.2, -0.15) is 12.6 Å². The fourth-order valence-corrected chi connectivity index (χ4v) is 3.77. The Morgan fingerprint density at radius 2 is 1.79 bits per heavy atom. The van der Waals surface area contributed by atoms with Crippen LogP contribution in [0.1, 0.15) is 34.1 Å². The van der Waals surface area contributed by atoms with Gasteiger partial charge in [0.1, 0.15) is 6.54 Å². The van der Waals surface area contributed by atoms with Crippen LogP contribution in [0.15, 0.2) is 65.7 Å². The lowest BCUT2D eigenvalue weighted by molar-refractivity contribution is -0.121. The number of hydrogen-bond acceptors (Lipinski definition) is 7. The summed E-state index contributed by atoms with van der Waals surface area (Å²) in [5.41, 5.74) is 1.51. The largest absolute Gasteiger partial charge is 0.354 e. The Labute approximate surface area is 197 Å². The van der Waals surface area contributed by atoms with Gasteiger partial charge in [-0.3, -0.25) is 9.59 Å². The number of carbonyl (C=O) groups is 2. The Hall–Kier alpha value is -3.22. The monoisotopic (exact) mass is 488 g/mol. The molecule has 3 rings (SSSR count). The number of sulfonamides is 1. The molecule has 0 radical (unpaired) electrons. The van der Waals surface area contributed by atoms with E-state index in [0.29, 0.717) is 18.0 Å². The van der Waals surface area contributed by atoms with E-state index < -0.39 is 22.0 Å². The van der Waals surface area contributed by atoms with Crippen molar-refractivity contribution in [2.24, 2.45) is 5.14 Å². The molecule has 33 heavy (non-hydrogen) atoms. The molecule has 174 valence electrons. The van der Waals surface area contributed by atoms with E-state index in [1.165, 1.54) is 35.1 Å². The summed E-state index contributed by atoms with van der Waals surface area (Å²) in [5.74, 6) is -0.0223. The molecule has 0 fully saturated rings. The Morgan fingerprint density at radius 3 is 2.42 bits per heavy atom. The van der Waals surface area contributed by atoms with Gasteiger partial charge in [0.25, 0.3) is 5.91 Å². The Bertz CT molecular complexity index is 1200. The third-order valence-electron chi connectivity index (χ3n) is 4.75. The second-order valence-corrected chi connectivity index (χ2v) is 9.14. The maximum Gasteiger partial charge on any atom is 0.252 e. The van der Waals surface area contributed by atoms with Crippen molar-refractivity contribution < 1.29 is 18.0 Å². The average molecular weight is 489 g/mol. The van der Waals surface area contributed by atoms with Crippen molar-refractivity contribution in [2.75, 3.05) is 12.3 Å². The molecule has 12 heteroatoms. The van der Waals surface area contributed by atoms with Gasteiger partial charge < -0.3 is 10.6 Å². The van der Waals surface area contributed by atoms with Crippen molar-refractivity contribution in [3.05, 3.63) is 77.6 Å². The molecule has 4 N–H and O–H groups in total. The molecule has 0 spiro atoms. The Kier molecular flexibility index (Phi) is 8.20. The van der Waals surface area contributed by atoms with Crippen LogP contribution in [-0.4, -0.2) is 47.5 Å². The van der Waals surface area contributed by atoms with Crippen LogP contribution in [-0.2, 0) is 21.4 Å². The van der Waals surface area contributed by atoms with Crippen LogP contribution in [0.5, 0.6) is 0 Å². The van der Waals surface area contributed by atoms with Crippen LogP contribution in [0.2, 0.25) is 0 Å². The van der Waals surface area contributed by atoms with Gasteiger partial charge >= 0.3 is 0 Å². The first kappa shape index (κ1) is 24.4. The summed E-state index contributed by atoms with van der Waals surface area (Å²) in [7, 11) is -3.87. The zero-order valence-corrected chi connectivity index (χ0v) is 19.3. The van der Waals surface area contributed by atoms with Gasteiger partial charge in [0.2, 0.25) is 15.9 Å². The number of nitrogens with zero attached hydrogens (tertiary/aromatic N) is 3. The highest BCUT2D eigenvalue weighted by Crippen LogP contribution is 2.22. The molecule has 0 bridgehead atoms. The number of primary sulfonamides is 1. The molecule has 1 aromatic heterocycles. The predicted octanol–water partition coefficient (Wildman–Crippen LogP) is 0.881. The molecule has 1 heterocycles. The van der Waals surface area contributed by atoms with E-state index in [4.69, 9.17) is 5.14 Å². The fraction of sp³-hybridized carbons (Fsp3) is 0.238. The molecular weight excluding hydrogens is 464 g/mol. The predicted molar refractivity (Wildman–Crippen MR) is 125 cm³/mol. The van der Waals surface area contributed by atoms with Crippen molar-refractivity contribution in [2.45, 2.75) is 23.9 Å². The number of aromatic nitrogens is 3. The van der Waals surface area contributed by atoms with Crippen LogP contribution in [0.3, 0.4) is 0 Å². The van der Waals surface area contributed by atoms with Crippen LogP contribution in [0, 0.1) is 0 Å². The molecule has 2 aromatic carbocycles. The first-order valence-electron chi connectivity index (χ1n) is 10.0. The standard InChI is InChI=1S/C21H24N6O4S2/c22-33(30,31)17-9-7-16(8-10-17)21(29)25-20(15-5-2-1-3-6-15)18-13-24-26-27(18)14-19(28)23-11-4-12-32/h1-3,5-10,13,20,32H,4,11-12,14H2,(H,23,28)(H,25,29)(H2,22,30,31)/t20-/m0/s1. The highest BCUT2D eigenvalue weighted by atomic mass is 32.2. The van der Waals surface area contributed by atoms with Crippen LogP contribution in [0.25, 0.3) is 0 Å². The smallest absolute Gasteiger partial charge is 0.252 e. The second-order valence-electron chi connectivity index (χ2n) is 7.13. The van der Waals surface area contributed by atoms with E-state index >= 15 is 0 Å². The van der Waals surface area contributed by atoms with Crippen molar-refractivity contribution in [1.29, 1.82) is 0 Å². The summed E-state index contributed by atoms with van der Waals surface area (Å²) in [6, 6.07) is 13.8. The zero-order valence-electron chi connectivity index (χ0n) is 17.6. The average Bonchev–Trinajstić information content (AvgIpc) is 3.25. The number of hydrogen-bond donors (Lipinski definition) is 4. The minimum Gasteiger partial charge on any atom is -0.354 e. The van der Waals surface area contributed by atoms with Gasteiger partial charge in [0.15, 0.2) is 0 Å². The number of thiol groups is 1. The first-order valence-corrected chi connectivity index (χ1v) is 12.2. The summed E-state index contributed by atoms with van der Waals surface area (Å²) in [6.07, 6.45) is 2.23. The number of nitrogens with one attached hydrogen (secondary N) is 2. The van der Waals surface area contributed by atoms with Gasteiger partial charge in [-0.1, -0.05) is 35.5 Å². The third-order valence-corrected chi connectivity index (χ3v) is 5.99. The summed E-state index contributed by atoms with van der Waals surface area (Å²) in [4.78, 5) is 25.2. The van der Waals surface area contributed by atoms with Gasteiger partial charge in [0, 0.05) is 12.1 Å².